The molecule has 2 aliphatic rings. The zero-order valence-corrected chi connectivity index (χ0v) is 8.01. The molecular weight excluding hydrogens is 148 g/mol. The molecular formula is C10H18N2. The molecule has 2 atom stereocenters. The van der Waals surface area contributed by atoms with Crippen molar-refractivity contribution in [3.05, 3.63) is 0 Å². The van der Waals surface area contributed by atoms with E-state index in [1.807, 2.05) is 0 Å². The minimum absolute atomic E-state index is 0.305. The van der Waals surface area contributed by atoms with Gasteiger partial charge in [-0.3, -0.25) is 0 Å². The number of nitrogens with zero attached hydrogens (tertiary/aromatic N) is 1. The van der Waals surface area contributed by atoms with Crippen LogP contribution in [0.1, 0.15) is 39.5 Å². The minimum atomic E-state index is 0.305. The fraction of sp³-hybridized carbons (Fsp3) is 0.900. The van der Waals surface area contributed by atoms with E-state index in [2.05, 4.69) is 18.9 Å². The second kappa shape index (κ2) is 2.48. The summed E-state index contributed by atoms with van der Waals surface area (Å²) in [6.45, 7) is 4.57. The van der Waals surface area contributed by atoms with Crippen LogP contribution in [0.2, 0.25) is 0 Å². The maximum Gasteiger partial charge on any atom is 0.0468 e. The molecule has 0 spiro atoms. The van der Waals surface area contributed by atoms with E-state index in [0.29, 0.717) is 5.41 Å². The quantitative estimate of drug-likeness (QED) is 0.434. The van der Waals surface area contributed by atoms with Gasteiger partial charge in [0, 0.05) is 17.0 Å². The van der Waals surface area contributed by atoms with E-state index in [1.165, 1.54) is 31.4 Å². The van der Waals surface area contributed by atoms with Crippen molar-refractivity contribution in [2.24, 2.45) is 28.2 Å². The van der Waals surface area contributed by atoms with Gasteiger partial charge in [-0.2, -0.15) is 5.10 Å². The van der Waals surface area contributed by atoms with Gasteiger partial charge in [-0.15, -0.1) is 0 Å². The highest BCUT2D eigenvalue weighted by Gasteiger charge is 2.53. The third-order valence-electron chi connectivity index (χ3n) is 3.84. The Hall–Kier alpha value is -0.530. The topological polar surface area (TPSA) is 38.4 Å². The molecule has 2 aliphatic carbocycles. The summed E-state index contributed by atoms with van der Waals surface area (Å²) < 4.78 is 0. The number of hydrazone groups is 1. The standard InChI is InChI=1S/C10H18N2/c1-10(2)8-6-4-3-5-7(8)9(10)12-11/h7-8H,3-6,11H2,1-2H3/b12-9+/t7-,8+/m1/s1. The van der Waals surface area contributed by atoms with Crippen molar-refractivity contribution in [1.82, 2.24) is 0 Å². The van der Waals surface area contributed by atoms with Crippen molar-refractivity contribution in [2.75, 3.05) is 0 Å². The molecule has 0 radical (unpaired) electrons. The van der Waals surface area contributed by atoms with Crippen LogP contribution in [-0.4, -0.2) is 5.71 Å². The highest BCUT2D eigenvalue weighted by molar-refractivity contribution is 5.97. The van der Waals surface area contributed by atoms with E-state index in [1.54, 1.807) is 0 Å². The summed E-state index contributed by atoms with van der Waals surface area (Å²) in [4.78, 5) is 0. The van der Waals surface area contributed by atoms with Crippen LogP contribution in [0.4, 0.5) is 0 Å². The molecule has 0 bridgehead atoms. The zero-order valence-electron chi connectivity index (χ0n) is 8.01. The fourth-order valence-electron chi connectivity index (χ4n) is 3.16. The summed E-state index contributed by atoms with van der Waals surface area (Å²) in [5.41, 5.74) is 1.58. The lowest BCUT2D eigenvalue weighted by Gasteiger charge is -2.54. The third-order valence-corrected chi connectivity index (χ3v) is 3.84. The number of nitrogens with two attached hydrogens (primary N) is 1. The highest BCUT2D eigenvalue weighted by atomic mass is 15.1. The predicted octanol–water partition coefficient (Wildman–Crippen LogP) is 2.15. The van der Waals surface area contributed by atoms with Gasteiger partial charge in [-0.1, -0.05) is 26.7 Å². The van der Waals surface area contributed by atoms with E-state index >= 15 is 0 Å². The molecule has 0 aromatic rings. The van der Waals surface area contributed by atoms with Crippen molar-refractivity contribution in [3.8, 4) is 0 Å². The molecule has 2 N–H and O–H groups in total. The smallest absolute Gasteiger partial charge is 0.0468 e. The summed E-state index contributed by atoms with van der Waals surface area (Å²) in [7, 11) is 0. The van der Waals surface area contributed by atoms with Crippen molar-refractivity contribution in [2.45, 2.75) is 39.5 Å². The molecule has 0 unspecified atom stereocenters. The van der Waals surface area contributed by atoms with Crippen LogP contribution in [-0.2, 0) is 0 Å². The summed E-state index contributed by atoms with van der Waals surface area (Å²) in [5, 5.41) is 3.95. The normalized spacial score (nSPS) is 42.0. The molecule has 2 rings (SSSR count). The molecule has 2 nitrogen and oxygen atoms in total. The molecule has 2 saturated carbocycles. The van der Waals surface area contributed by atoms with Gasteiger partial charge in [0.25, 0.3) is 0 Å². The van der Waals surface area contributed by atoms with Gasteiger partial charge >= 0.3 is 0 Å². The minimum Gasteiger partial charge on any atom is -0.323 e. The lowest BCUT2D eigenvalue weighted by molar-refractivity contribution is 0.115. The lowest BCUT2D eigenvalue weighted by atomic mass is 9.49. The van der Waals surface area contributed by atoms with E-state index in [9.17, 15) is 0 Å². The Morgan fingerprint density at radius 1 is 1.33 bits per heavy atom. The number of hydrogen-bond acceptors (Lipinski definition) is 2. The Morgan fingerprint density at radius 2 is 2.00 bits per heavy atom. The number of hydrogen-bond donors (Lipinski definition) is 1. The molecule has 0 aromatic carbocycles. The second-order valence-corrected chi connectivity index (χ2v) is 4.73. The molecule has 68 valence electrons. The van der Waals surface area contributed by atoms with Gasteiger partial charge in [0.05, 0.1) is 0 Å². The summed E-state index contributed by atoms with van der Waals surface area (Å²) in [6.07, 6.45) is 5.49. The highest BCUT2D eigenvalue weighted by Crippen LogP contribution is 2.54. The lowest BCUT2D eigenvalue weighted by Crippen LogP contribution is -2.56. The van der Waals surface area contributed by atoms with Crippen LogP contribution in [0.3, 0.4) is 0 Å². The summed E-state index contributed by atoms with van der Waals surface area (Å²) in [5.74, 6) is 7.01. The fourth-order valence-corrected chi connectivity index (χ4v) is 3.16. The third kappa shape index (κ3) is 0.838. The Bertz CT molecular complexity index is 218. The van der Waals surface area contributed by atoms with Gasteiger partial charge in [0.1, 0.15) is 0 Å². The molecule has 12 heavy (non-hydrogen) atoms. The Kier molecular flexibility index (Phi) is 1.67. The van der Waals surface area contributed by atoms with E-state index in [-0.39, 0.29) is 0 Å². The largest absolute Gasteiger partial charge is 0.323 e. The molecule has 0 heterocycles. The molecule has 2 heteroatoms. The van der Waals surface area contributed by atoms with Crippen LogP contribution in [0.25, 0.3) is 0 Å². The van der Waals surface area contributed by atoms with E-state index in [4.69, 9.17) is 5.84 Å². The Labute approximate surface area is 74.2 Å². The van der Waals surface area contributed by atoms with Gasteiger partial charge in [-0.25, -0.2) is 0 Å². The zero-order chi connectivity index (χ0) is 8.77. The predicted molar refractivity (Wildman–Crippen MR) is 50.9 cm³/mol. The monoisotopic (exact) mass is 166 g/mol. The SMILES string of the molecule is CC1(C)/C(=N/N)[C@@H]2CCCC[C@@H]21. The van der Waals surface area contributed by atoms with Gasteiger partial charge in [-0.05, 0) is 18.8 Å². The Balaban J connectivity index is 2.19. The van der Waals surface area contributed by atoms with Crippen molar-refractivity contribution in [3.63, 3.8) is 0 Å². The van der Waals surface area contributed by atoms with Crippen LogP contribution in [0.5, 0.6) is 0 Å². The first kappa shape index (κ1) is 8.09. The molecule has 0 aliphatic heterocycles. The average Bonchev–Trinajstić information content (AvgIpc) is 2.05. The average molecular weight is 166 g/mol. The first-order valence-electron chi connectivity index (χ1n) is 4.96. The van der Waals surface area contributed by atoms with Crippen LogP contribution < -0.4 is 5.84 Å². The molecule has 0 saturated heterocycles. The molecule has 0 amide bonds. The van der Waals surface area contributed by atoms with Crippen LogP contribution in [0, 0.1) is 17.3 Å². The maximum atomic E-state index is 5.40. The summed E-state index contributed by atoms with van der Waals surface area (Å²) in [6, 6.07) is 0. The van der Waals surface area contributed by atoms with Crippen molar-refractivity contribution >= 4 is 5.71 Å². The second-order valence-electron chi connectivity index (χ2n) is 4.73. The Morgan fingerprint density at radius 3 is 2.67 bits per heavy atom. The van der Waals surface area contributed by atoms with Gasteiger partial charge in [0.2, 0.25) is 0 Å². The van der Waals surface area contributed by atoms with Gasteiger partial charge < -0.3 is 5.84 Å². The van der Waals surface area contributed by atoms with E-state index in [0.717, 1.165) is 11.8 Å². The number of rotatable bonds is 0. The number of fused-ring (bicyclic) bond motifs is 1. The maximum absolute atomic E-state index is 5.40. The van der Waals surface area contributed by atoms with Crippen LogP contribution in [0.15, 0.2) is 5.10 Å². The van der Waals surface area contributed by atoms with E-state index < -0.39 is 0 Å². The molecule has 2 fully saturated rings. The van der Waals surface area contributed by atoms with Gasteiger partial charge in [0.15, 0.2) is 0 Å². The first-order chi connectivity index (χ1) is 5.68. The first-order valence-corrected chi connectivity index (χ1v) is 4.96. The summed E-state index contributed by atoms with van der Waals surface area (Å²) >= 11 is 0. The van der Waals surface area contributed by atoms with Crippen molar-refractivity contribution < 1.29 is 0 Å². The van der Waals surface area contributed by atoms with Crippen molar-refractivity contribution in [1.29, 1.82) is 0 Å². The van der Waals surface area contributed by atoms with Crippen LogP contribution >= 0.6 is 0 Å². The molecule has 0 aromatic heterocycles.